The highest BCUT2D eigenvalue weighted by Crippen LogP contribution is 2.33. The van der Waals surface area contributed by atoms with Gasteiger partial charge in [0.15, 0.2) is 0 Å². The molecule has 1 aromatic heterocycles. The van der Waals surface area contributed by atoms with Crippen molar-refractivity contribution in [2.75, 3.05) is 0 Å². The highest BCUT2D eigenvalue weighted by atomic mass is 15.1. The van der Waals surface area contributed by atoms with E-state index < -0.39 is 0 Å². The van der Waals surface area contributed by atoms with Crippen molar-refractivity contribution in [1.82, 2.24) is 9.55 Å². The molecule has 0 atom stereocenters. The first-order valence-corrected chi connectivity index (χ1v) is 9.65. The van der Waals surface area contributed by atoms with Crippen LogP contribution in [-0.4, -0.2) is 9.55 Å². The van der Waals surface area contributed by atoms with Crippen LogP contribution in [0.2, 0.25) is 0 Å². The van der Waals surface area contributed by atoms with Crippen LogP contribution in [0.15, 0.2) is 91.3 Å². The third-order valence-corrected chi connectivity index (χ3v) is 4.92. The Balaban J connectivity index is 1.93. The van der Waals surface area contributed by atoms with Crippen LogP contribution in [0.1, 0.15) is 25.3 Å². The molecule has 0 aliphatic rings. The van der Waals surface area contributed by atoms with Gasteiger partial charge in [0.05, 0.1) is 5.69 Å². The second-order valence-electron chi connectivity index (χ2n) is 6.77. The number of benzene rings is 3. The fourth-order valence-corrected chi connectivity index (χ4v) is 3.58. The first kappa shape index (κ1) is 17.3. The third-order valence-electron chi connectivity index (χ3n) is 4.92. The molecule has 1 heterocycles. The monoisotopic (exact) mass is 352 g/mol. The van der Waals surface area contributed by atoms with E-state index in [1.165, 1.54) is 35.2 Å². The minimum Gasteiger partial charge on any atom is -0.299 e. The summed E-state index contributed by atoms with van der Waals surface area (Å²) in [5, 5.41) is 0. The van der Waals surface area contributed by atoms with E-state index in [0.29, 0.717) is 0 Å². The Kier molecular flexibility index (Phi) is 5.15. The van der Waals surface area contributed by atoms with Gasteiger partial charge in [-0.3, -0.25) is 4.57 Å². The number of aryl methyl sites for hydroxylation is 1. The fraction of sp³-hybridized carbons (Fsp3) is 0.160. The summed E-state index contributed by atoms with van der Waals surface area (Å²) in [5.74, 6) is 0.983. The molecule has 2 heteroatoms. The van der Waals surface area contributed by atoms with Crippen molar-refractivity contribution in [3.05, 3.63) is 96.8 Å². The molecule has 0 bridgehead atoms. The predicted octanol–water partition coefficient (Wildman–Crippen LogP) is 6.55. The Bertz CT molecular complexity index is 1000. The fourth-order valence-electron chi connectivity index (χ4n) is 3.58. The van der Waals surface area contributed by atoms with Crippen molar-refractivity contribution in [2.45, 2.75) is 26.2 Å². The molecule has 0 saturated carbocycles. The van der Waals surface area contributed by atoms with E-state index >= 15 is 0 Å². The van der Waals surface area contributed by atoms with E-state index in [4.69, 9.17) is 0 Å². The van der Waals surface area contributed by atoms with Crippen molar-refractivity contribution in [2.24, 2.45) is 0 Å². The molecule has 0 unspecified atom stereocenters. The molecule has 0 aliphatic heterocycles. The molecule has 0 N–H and O–H groups in total. The Labute approximate surface area is 161 Å². The van der Waals surface area contributed by atoms with Gasteiger partial charge in [-0.25, -0.2) is 4.98 Å². The summed E-state index contributed by atoms with van der Waals surface area (Å²) in [7, 11) is 0. The number of nitrogens with zero attached hydrogens (tertiary/aromatic N) is 2. The molecule has 3 aromatic carbocycles. The standard InChI is InChI=1S/C25H24N2/c1-2-3-11-21-16-10-17-23(20-12-6-4-7-13-20)24(21)27-19-18-26-25(27)22-14-8-5-9-15-22/h4-10,12-19H,2-3,11H2,1H3. The van der Waals surface area contributed by atoms with Crippen LogP contribution in [0.25, 0.3) is 28.2 Å². The van der Waals surface area contributed by atoms with Crippen molar-refractivity contribution in [3.63, 3.8) is 0 Å². The summed E-state index contributed by atoms with van der Waals surface area (Å²) in [4.78, 5) is 4.68. The summed E-state index contributed by atoms with van der Waals surface area (Å²) < 4.78 is 2.25. The zero-order valence-corrected chi connectivity index (χ0v) is 15.7. The maximum Gasteiger partial charge on any atom is 0.144 e. The van der Waals surface area contributed by atoms with Gasteiger partial charge in [-0.05, 0) is 24.0 Å². The molecule has 0 aliphatic carbocycles. The minimum absolute atomic E-state index is 0.983. The van der Waals surface area contributed by atoms with Gasteiger partial charge in [0.2, 0.25) is 0 Å². The second-order valence-corrected chi connectivity index (χ2v) is 6.77. The largest absolute Gasteiger partial charge is 0.299 e. The molecular formula is C25H24N2. The van der Waals surface area contributed by atoms with Gasteiger partial charge in [-0.15, -0.1) is 0 Å². The van der Waals surface area contributed by atoms with Crippen molar-refractivity contribution in [1.29, 1.82) is 0 Å². The van der Waals surface area contributed by atoms with Gasteiger partial charge in [-0.2, -0.15) is 0 Å². The van der Waals surface area contributed by atoms with Gasteiger partial charge in [0.1, 0.15) is 5.82 Å². The number of imidazole rings is 1. The molecule has 0 fully saturated rings. The van der Waals surface area contributed by atoms with Crippen molar-refractivity contribution < 1.29 is 0 Å². The Morgan fingerprint density at radius 2 is 1.48 bits per heavy atom. The van der Waals surface area contributed by atoms with E-state index in [9.17, 15) is 0 Å². The number of rotatable bonds is 6. The molecule has 0 amide bonds. The summed E-state index contributed by atoms with van der Waals surface area (Å²) in [6, 6.07) is 27.7. The highest BCUT2D eigenvalue weighted by molar-refractivity contribution is 5.77. The van der Waals surface area contributed by atoms with Crippen LogP contribution in [0.4, 0.5) is 0 Å². The summed E-state index contributed by atoms with van der Waals surface area (Å²) >= 11 is 0. The van der Waals surface area contributed by atoms with Crippen LogP contribution in [0.3, 0.4) is 0 Å². The van der Waals surface area contributed by atoms with Crippen LogP contribution in [-0.2, 0) is 6.42 Å². The van der Waals surface area contributed by atoms with Crippen molar-refractivity contribution >= 4 is 0 Å². The molecule has 2 nitrogen and oxygen atoms in total. The van der Waals surface area contributed by atoms with Gasteiger partial charge in [-0.1, -0.05) is 92.2 Å². The van der Waals surface area contributed by atoms with E-state index in [1.54, 1.807) is 0 Å². The molecule has 134 valence electrons. The van der Waals surface area contributed by atoms with E-state index in [-0.39, 0.29) is 0 Å². The molecule has 4 aromatic rings. The molecule has 27 heavy (non-hydrogen) atoms. The SMILES string of the molecule is CCCCc1cccc(-c2ccccc2)c1-n1ccnc1-c1ccccc1. The third kappa shape index (κ3) is 3.56. The quantitative estimate of drug-likeness (QED) is 0.385. The van der Waals surface area contributed by atoms with Crippen LogP contribution in [0, 0.1) is 0 Å². The van der Waals surface area contributed by atoms with Gasteiger partial charge >= 0.3 is 0 Å². The molecular weight excluding hydrogens is 328 g/mol. The number of unbranched alkanes of at least 4 members (excludes halogenated alkanes) is 1. The molecule has 4 rings (SSSR count). The smallest absolute Gasteiger partial charge is 0.144 e. The van der Waals surface area contributed by atoms with Crippen LogP contribution < -0.4 is 0 Å². The Morgan fingerprint density at radius 3 is 2.19 bits per heavy atom. The number of aromatic nitrogens is 2. The van der Waals surface area contributed by atoms with Gasteiger partial charge in [0, 0.05) is 23.5 Å². The highest BCUT2D eigenvalue weighted by Gasteiger charge is 2.16. The van der Waals surface area contributed by atoms with Gasteiger partial charge < -0.3 is 0 Å². The lowest BCUT2D eigenvalue weighted by atomic mass is 9.97. The first-order valence-electron chi connectivity index (χ1n) is 9.65. The summed E-state index contributed by atoms with van der Waals surface area (Å²) in [5.41, 5.74) is 6.23. The zero-order chi connectivity index (χ0) is 18.5. The first-order chi connectivity index (χ1) is 13.4. The normalized spacial score (nSPS) is 10.9. The van der Waals surface area contributed by atoms with Crippen LogP contribution >= 0.6 is 0 Å². The van der Waals surface area contributed by atoms with E-state index in [1.807, 2.05) is 12.3 Å². The minimum atomic E-state index is 0.983. The number of hydrogen-bond donors (Lipinski definition) is 0. The van der Waals surface area contributed by atoms with Gasteiger partial charge in [0.25, 0.3) is 0 Å². The maximum atomic E-state index is 4.68. The zero-order valence-electron chi connectivity index (χ0n) is 15.7. The Morgan fingerprint density at radius 1 is 0.778 bits per heavy atom. The average molecular weight is 352 g/mol. The maximum absolute atomic E-state index is 4.68. The van der Waals surface area contributed by atoms with E-state index in [0.717, 1.165) is 17.8 Å². The number of para-hydroxylation sites is 1. The average Bonchev–Trinajstić information content (AvgIpc) is 3.22. The van der Waals surface area contributed by atoms with E-state index in [2.05, 4.69) is 95.5 Å². The molecule has 0 spiro atoms. The van der Waals surface area contributed by atoms with Crippen molar-refractivity contribution in [3.8, 4) is 28.2 Å². The number of hydrogen-bond acceptors (Lipinski definition) is 1. The summed E-state index contributed by atoms with van der Waals surface area (Å²) in [6.07, 6.45) is 7.41. The van der Waals surface area contributed by atoms with Crippen LogP contribution in [0.5, 0.6) is 0 Å². The topological polar surface area (TPSA) is 17.8 Å². The second kappa shape index (κ2) is 8.05. The molecule has 0 saturated heterocycles. The lowest BCUT2D eigenvalue weighted by molar-refractivity contribution is 0.789. The summed E-state index contributed by atoms with van der Waals surface area (Å²) in [6.45, 7) is 2.24. The predicted molar refractivity (Wildman–Crippen MR) is 113 cm³/mol. The molecule has 0 radical (unpaired) electrons. The lowest BCUT2D eigenvalue weighted by Crippen LogP contribution is -2.04. The Hall–Kier alpha value is -3.13. The lowest BCUT2D eigenvalue weighted by Gasteiger charge is -2.18.